The van der Waals surface area contributed by atoms with E-state index >= 15 is 0 Å². The molecule has 1 heterocycles. The van der Waals surface area contributed by atoms with Gasteiger partial charge in [-0.3, -0.25) is 0 Å². The van der Waals surface area contributed by atoms with Crippen LogP contribution in [0.25, 0.3) is 11.0 Å². The van der Waals surface area contributed by atoms with E-state index < -0.39 is 5.63 Å². The van der Waals surface area contributed by atoms with Crippen LogP contribution in [-0.2, 0) is 0 Å². The molecule has 5 nitrogen and oxygen atoms in total. The average Bonchev–Trinajstić information content (AvgIpc) is 2.61. The van der Waals surface area contributed by atoms with Crippen LogP contribution in [0.5, 0.6) is 17.2 Å². The second-order valence-electron chi connectivity index (χ2n) is 8.26. The Labute approximate surface area is 167 Å². The molecular weight excluding hydrogens is 356 g/mol. The number of benzene rings is 1. The second kappa shape index (κ2) is 10.4. The van der Waals surface area contributed by atoms with Crippen LogP contribution in [0.1, 0.15) is 79.1 Å². The van der Waals surface area contributed by atoms with Crippen molar-refractivity contribution in [3.05, 3.63) is 28.6 Å². The van der Waals surface area contributed by atoms with Crippen molar-refractivity contribution in [2.75, 3.05) is 6.61 Å². The lowest BCUT2D eigenvalue weighted by molar-refractivity contribution is 0.131. The Hall–Kier alpha value is -2.17. The standard InChI is InChI=1S/C23H34O5/c1-5-6-7-8-9-10-11-12-15-26-21-20(24)18-14-13-17(28-23(2,3)4)16-19(18)27-22(21)25/h13-14,16,24H,5-12,15H2,1-4H3. The quantitative estimate of drug-likeness (QED) is 0.366. The van der Waals surface area contributed by atoms with E-state index in [0.29, 0.717) is 17.7 Å². The first-order valence-electron chi connectivity index (χ1n) is 10.4. The predicted molar refractivity (Wildman–Crippen MR) is 113 cm³/mol. The SMILES string of the molecule is CCCCCCCCCCOc1c(O)c2ccc(OC(C)(C)C)cc2oc1=O. The molecule has 0 bridgehead atoms. The number of aromatic hydroxyl groups is 1. The molecule has 5 heteroatoms. The van der Waals surface area contributed by atoms with E-state index in [0.717, 1.165) is 12.8 Å². The lowest BCUT2D eigenvalue weighted by Crippen LogP contribution is -2.22. The molecular formula is C23H34O5. The minimum absolute atomic E-state index is 0.111. The van der Waals surface area contributed by atoms with Crippen molar-refractivity contribution in [2.45, 2.75) is 84.7 Å². The molecule has 0 aliphatic heterocycles. The van der Waals surface area contributed by atoms with Gasteiger partial charge in [-0.1, -0.05) is 51.9 Å². The van der Waals surface area contributed by atoms with Gasteiger partial charge in [0.15, 0.2) is 5.75 Å². The zero-order chi connectivity index (χ0) is 20.6. The van der Waals surface area contributed by atoms with Gasteiger partial charge in [-0.15, -0.1) is 0 Å². The second-order valence-corrected chi connectivity index (χ2v) is 8.26. The third-order valence-corrected chi connectivity index (χ3v) is 4.48. The molecule has 0 saturated heterocycles. The molecule has 0 atom stereocenters. The van der Waals surface area contributed by atoms with Gasteiger partial charge in [-0.25, -0.2) is 4.79 Å². The third-order valence-electron chi connectivity index (χ3n) is 4.48. The molecule has 0 radical (unpaired) electrons. The molecule has 1 aromatic carbocycles. The fourth-order valence-corrected chi connectivity index (χ4v) is 3.10. The molecule has 156 valence electrons. The summed E-state index contributed by atoms with van der Waals surface area (Å²) < 4.78 is 16.7. The zero-order valence-electron chi connectivity index (χ0n) is 17.7. The van der Waals surface area contributed by atoms with Crippen molar-refractivity contribution in [1.82, 2.24) is 0 Å². The zero-order valence-corrected chi connectivity index (χ0v) is 17.7. The highest BCUT2D eigenvalue weighted by atomic mass is 16.5. The molecule has 0 fully saturated rings. The summed E-state index contributed by atoms with van der Waals surface area (Å²) in [5.41, 5.74) is -0.754. The van der Waals surface area contributed by atoms with Crippen LogP contribution in [0.15, 0.2) is 27.4 Å². The molecule has 1 aromatic heterocycles. The molecule has 0 spiro atoms. The highest BCUT2D eigenvalue weighted by Crippen LogP contribution is 2.34. The van der Waals surface area contributed by atoms with Gasteiger partial charge in [0.2, 0.25) is 5.75 Å². The van der Waals surface area contributed by atoms with Gasteiger partial charge in [-0.2, -0.15) is 0 Å². The Balaban J connectivity index is 1.93. The summed E-state index contributed by atoms with van der Waals surface area (Å²) in [7, 11) is 0. The number of hydrogen-bond donors (Lipinski definition) is 1. The Morgan fingerprint density at radius 3 is 2.29 bits per heavy atom. The van der Waals surface area contributed by atoms with Gasteiger partial charge in [0, 0.05) is 6.07 Å². The summed E-state index contributed by atoms with van der Waals surface area (Å²) in [6.45, 7) is 8.42. The predicted octanol–water partition coefficient (Wildman–Crippen LogP) is 6.20. The van der Waals surface area contributed by atoms with Gasteiger partial charge < -0.3 is 19.0 Å². The van der Waals surface area contributed by atoms with Crippen LogP contribution in [0, 0.1) is 0 Å². The van der Waals surface area contributed by atoms with Gasteiger partial charge >= 0.3 is 5.63 Å². The smallest absolute Gasteiger partial charge is 0.383 e. The van der Waals surface area contributed by atoms with Gasteiger partial charge in [-0.05, 0) is 39.3 Å². The normalized spacial score (nSPS) is 11.7. The lowest BCUT2D eigenvalue weighted by Gasteiger charge is -2.21. The van der Waals surface area contributed by atoms with Crippen LogP contribution in [0.4, 0.5) is 0 Å². The summed E-state index contributed by atoms with van der Waals surface area (Å²) in [5.74, 6) is 0.295. The molecule has 0 aliphatic carbocycles. The van der Waals surface area contributed by atoms with Crippen molar-refractivity contribution in [3.63, 3.8) is 0 Å². The minimum Gasteiger partial charge on any atom is -0.504 e. The largest absolute Gasteiger partial charge is 0.504 e. The summed E-state index contributed by atoms with van der Waals surface area (Å²) in [6, 6.07) is 5.04. The van der Waals surface area contributed by atoms with Gasteiger partial charge in [0.05, 0.1) is 12.0 Å². The molecule has 0 saturated carbocycles. The Morgan fingerprint density at radius 2 is 1.64 bits per heavy atom. The molecule has 0 aliphatic rings. The van der Waals surface area contributed by atoms with Crippen LogP contribution >= 0.6 is 0 Å². The summed E-state index contributed by atoms with van der Waals surface area (Å²) in [4.78, 5) is 12.2. The topological polar surface area (TPSA) is 68.9 Å². The number of fused-ring (bicyclic) bond motifs is 1. The molecule has 2 aromatic rings. The van der Waals surface area contributed by atoms with Crippen LogP contribution in [0.3, 0.4) is 0 Å². The molecule has 2 rings (SSSR count). The van der Waals surface area contributed by atoms with Crippen LogP contribution in [0.2, 0.25) is 0 Å². The first-order valence-corrected chi connectivity index (χ1v) is 10.4. The Bertz CT molecular complexity index is 801. The lowest BCUT2D eigenvalue weighted by atomic mass is 10.1. The fourth-order valence-electron chi connectivity index (χ4n) is 3.10. The number of unbranched alkanes of at least 4 members (excludes halogenated alkanes) is 7. The Kier molecular flexibility index (Phi) is 8.21. The fraction of sp³-hybridized carbons (Fsp3) is 0.609. The van der Waals surface area contributed by atoms with E-state index in [1.165, 1.54) is 38.5 Å². The van der Waals surface area contributed by atoms with Crippen molar-refractivity contribution >= 4 is 11.0 Å². The first-order chi connectivity index (χ1) is 13.3. The molecule has 0 amide bonds. The minimum atomic E-state index is -0.669. The van der Waals surface area contributed by atoms with E-state index in [1.807, 2.05) is 20.8 Å². The van der Waals surface area contributed by atoms with E-state index in [4.69, 9.17) is 13.9 Å². The van der Waals surface area contributed by atoms with Crippen LogP contribution < -0.4 is 15.1 Å². The molecule has 28 heavy (non-hydrogen) atoms. The maximum absolute atomic E-state index is 12.2. The number of ether oxygens (including phenoxy) is 2. The summed E-state index contributed by atoms with van der Waals surface area (Å²) in [5, 5.41) is 10.9. The number of rotatable bonds is 11. The van der Waals surface area contributed by atoms with E-state index in [2.05, 4.69) is 6.92 Å². The van der Waals surface area contributed by atoms with Crippen molar-refractivity contribution in [1.29, 1.82) is 0 Å². The van der Waals surface area contributed by atoms with Crippen LogP contribution in [-0.4, -0.2) is 17.3 Å². The third kappa shape index (κ3) is 6.77. The molecule has 0 unspecified atom stereocenters. The maximum Gasteiger partial charge on any atom is 0.383 e. The van der Waals surface area contributed by atoms with Crippen molar-refractivity contribution in [3.8, 4) is 17.2 Å². The summed E-state index contributed by atoms with van der Waals surface area (Å²) in [6.07, 6.45) is 9.47. The van der Waals surface area contributed by atoms with E-state index in [-0.39, 0.29) is 22.7 Å². The van der Waals surface area contributed by atoms with E-state index in [9.17, 15) is 9.90 Å². The first kappa shape index (κ1) is 22.1. The highest BCUT2D eigenvalue weighted by Gasteiger charge is 2.17. The average molecular weight is 391 g/mol. The van der Waals surface area contributed by atoms with Crippen molar-refractivity contribution < 1.29 is 19.0 Å². The number of hydrogen-bond acceptors (Lipinski definition) is 5. The van der Waals surface area contributed by atoms with Crippen molar-refractivity contribution in [2.24, 2.45) is 0 Å². The summed E-state index contributed by atoms with van der Waals surface area (Å²) >= 11 is 0. The van der Waals surface area contributed by atoms with Gasteiger partial charge in [0.1, 0.15) is 16.9 Å². The molecule has 1 N–H and O–H groups in total. The maximum atomic E-state index is 12.2. The monoisotopic (exact) mass is 390 g/mol. The highest BCUT2D eigenvalue weighted by molar-refractivity contribution is 5.86. The van der Waals surface area contributed by atoms with Gasteiger partial charge in [0.25, 0.3) is 0 Å². The Morgan fingerprint density at radius 1 is 1.00 bits per heavy atom. The van der Waals surface area contributed by atoms with E-state index in [1.54, 1.807) is 18.2 Å².